The van der Waals surface area contributed by atoms with Crippen LogP contribution < -0.4 is 15.7 Å². The molecule has 0 unspecified atom stereocenters. The molecule has 6 aromatic rings. The van der Waals surface area contributed by atoms with Crippen molar-refractivity contribution < 1.29 is 13.9 Å². The van der Waals surface area contributed by atoms with Crippen LogP contribution in [0.25, 0.3) is 44.6 Å². The van der Waals surface area contributed by atoms with Crippen LogP contribution in [0.4, 0.5) is 5.13 Å². The van der Waals surface area contributed by atoms with Crippen molar-refractivity contribution in [2.75, 3.05) is 11.9 Å². The van der Waals surface area contributed by atoms with E-state index in [1.807, 2.05) is 30.3 Å². The summed E-state index contributed by atoms with van der Waals surface area (Å²) in [6.07, 6.45) is 3.25. The van der Waals surface area contributed by atoms with Gasteiger partial charge < -0.3 is 9.15 Å². The molecule has 10 heteroatoms. The summed E-state index contributed by atoms with van der Waals surface area (Å²) in [7, 11) is 0. The minimum absolute atomic E-state index is 0.222. The first-order chi connectivity index (χ1) is 19.6. The Hall–Kier alpha value is -5.11. The number of carbonyl (C=O) groups excluding carboxylic acids is 1. The van der Waals surface area contributed by atoms with E-state index >= 15 is 0 Å². The third-order valence-electron chi connectivity index (χ3n) is 6.03. The van der Waals surface area contributed by atoms with E-state index in [9.17, 15) is 14.9 Å². The number of allylic oxidation sites excluding steroid dienone is 1. The second-order valence-corrected chi connectivity index (χ2v) is 10.3. The highest BCUT2D eigenvalue weighted by molar-refractivity contribution is 7.13. The van der Waals surface area contributed by atoms with E-state index in [0.717, 1.165) is 16.2 Å². The van der Waals surface area contributed by atoms with E-state index in [1.165, 1.54) is 22.7 Å². The van der Waals surface area contributed by atoms with Gasteiger partial charge in [0.15, 0.2) is 11.7 Å². The Bertz CT molecular complexity index is 2000. The first kappa shape index (κ1) is 25.2. The van der Waals surface area contributed by atoms with Gasteiger partial charge in [0, 0.05) is 27.9 Å². The van der Waals surface area contributed by atoms with E-state index in [-0.39, 0.29) is 18.1 Å². The van der Waals surface area contributed by atoms with Crippen LogP contribution >= 0.6 is 22.7 Å². The number of hydrogen-bond acceptors (Lipinski definition) is 9. The van der Waals surface area contributed by atoms with Crippen molar-refractivity contribution in [1.29, 1.82) is 5.26 Å². The molecule has 194 valence electrons. The van der Waals surface area contributed by atoms with Gasteiger partial charge in [0.2, 0.25) is 0 Å². The van der Waals surface area contributed by atoms with Crippen LogP contribution in [0.2, 0.25) is 0 Å². The van der Waals surface area contributed by atoms with Gasteiger partial charge in [0.25, 0.3) is 5.91 Å². The summed E-state index contributed by atoms with van der Waals surface area (Å²) in [6, 6.07) is 22.6. The molecule has 3 aromatic carbocycles. The fourth-order valence-electron chi connectivity index (χ4n) is 4.18. The van der Waals surface area contributed by atoms with Gasteiger partial charge in [0.1, 0.15) is 22.4 Å². The predicted molar refractivity (Wildman–Crippen MR) is 157 cm³/mol. The number of para-hydroxylation sites is 1. The first-order valence-electron chi connectivity index (χ1n) is 12.0. The maximum atomic E-state index is 12.8. The molecule has 0 aliphatic heterocycles. The molecule has 0 fully saturated rings. The van der Waals surface area contributed by atoms with Crippen LogP contribution in [0.3, 0.4) is 0 Å². The van der Waals surface area contributed by atoms with Crippen LogP contribution in [0.5, 0.6) is 5.75 Å². The minimum Gasteiger partial charge on any atom is -0.483 e. The molecule has 1 amide bonds. The molecule has 3 heterocycles. The molecule has 0 spiro atoms. The number of nitrogens with one attached hydrogen (secondary N) is 1. The van der Waals surface area contributed by atoms with Crippen LogP contribution in [-0.4, -0.2) is 22.5 Å². The Balaban J connectivity index is 1.29. The van der Waals surface area contributed by atoms with Crippen LogP contribution in [0.15, 0.2) is 92.9 Å². The fraction of sp³-hybridized carbons (Fsp3) is 0.0333. The zero-order valence-electron chi connectivity index (χ0n) is 20.7. The van der Waals surface area contributed by atoms with Crippen molar-refractivity contribution in [1.82, 2.24) is 9.97 Å². The lowest BCUT2D eigenvalue weighted by atomic mass is 10.0. The predicted octanol–water partition coefficient (Wildman–Crippen LogP) is 6.61. The molecule has 0 saturated heterocycles. The summed E-state index contributed by atoms with van der Waals surface area (Å²) in [5.41, 5.74) is 1.63. The number of anilines is 1. The highest BCUT2D eigenvalue weighted by atomic mass is 32.1. The van der Waals surface area contributed by atoms with Crippen molar-refractivity contribution >= 4 is 67.1 Å². The number of rotatable bonds is 7. The Morgan fingerprint density at radius 3 is 2.77 bits per heavy atom. The quantitative estimate of drug-likeness (QED) is 0.132. The zero-order valence-corrected chi connectivity index (χ0v) is 22.3. The molecule has 0 aliphatic carbocycles. The third-order valence-corrected chi connectivity index (χ3v) is 7.59. The topological polar surface area (TPSA) is 118 Å². The average Bonchev–Trinajstić information content (AvgIpc) is 3.67. The van der Waals surface area contributed by atoms with Gasteiger partial charge >= 0.3 is 5.63 Å². The fourth-order valence-corrected chi connectivity index (χ4v) is 5.51. The molecule has 0 saturated carbocycles. The van der Waals surface area contributed by atoms with E-state index in [4.69, 9.17) is 9.15 Å². The van der Waals surface area contributed by atoms with E-state index < -0.39 is 5.63 Å². The third kappa shape index (κ3) is 5.11. The molecule has 0 radical (unpaired) electrons. The average molecular weight is 563 g/mol. The summed E-state index contributed by atoms with van der Waals surface area (Å²) in [6.45, 7) is -0.222. The molecule has 40 heavy (non-hydrogen) atoms. The molecule has 3 aromatic heterocycles. The minimum atomic E-state index is -0.503. The molecule has 0 atom stereocenters. The number of hydrogen-bond donors (Lipinski definition) is 1. The monoisotopic (exact) mass is 562 g/mol. The van der Waals surface area contributed by atoms with Crippen LogP contribution in [0, 0.1) is 11.3 Å². The molecule has 0 aliphatic rings. The van der Waals surface area contributed by atoms with Gasteiger partial charge in [-0.2, -0.15) is 5.26 Å². The second-order valence-electron chi connectivity index (χ2n) is 8.57. The summed E-state index contributed by atoms with van der Waals surface area (Å²) in [5, 5.41) is 19.8. The molecular weight excluding hydrogens is 544 g/mol. The van der Waals surface area contributed by atoms with Crippen molar-refractivity contribution in [2.24, 2.45) is 0 Å². The lowest BCUT2D eigenvalue weighted by Gasteiger charge is -2.09. The first-order valence-corrected chi connectivity index (χ1v) is 13.8. The number of ether oxygens (including phenoxy) is 1. The number of thiazole rings is 2. The summed E-state index contributed by atoms with van der Waals surface area (Å²) < 4.78 is 11.4. The largest absolute Gasteiger partial charge is 0.483 e. The zero-order chi connectivity index (χ0) is 27.5. The Labute approximate surface area is 235 Å². The number of amides is 1. The van der Waals surface area contributed by atoms with Gasteiger partial charge in [-0.3, -0.25) is 10.1 Å². The van der Waals surface area contributed by atoms with E-state index in [0.29, 0.717) is 38.3 Å². The smallest absolute Gasteiger partial charge is 0.345 e. The molecule has 1 N–H and O–H groups in total. The van der Waals surface area contributed by atoms with Crippen LogP contribution in [-0.2, 0) is 4.79 Å². The Kier molecular flexibility index (Phi) is 6.89. The van der Waals surface area contributed by atoms with Gasteiger partial charge in [-0.15, -0.1) is 22.7 Å². The number of fused-ring (bicyclic) bond motifs is 3. The van der Waals surface area contributed by atoms with E-state index in [1.54, 1.807) is 59.4 Å². The standard InChI is InChI=1S/C30H18N4O4S2/c31-15-20(13-19-6-2-4-8-25(19)37-16-27(35)34-30-32-11-12-39-30)28-33-24(17-40-28)23-14-22-21-7-3-1-5-18(21)9-10-26(22)38-29(23)36/h1-14,17H,16H2,(H,32,34,35). The van der Waals surface area contributed by atoms with Gasteiger partial charge in [-0.1, -0.05) is 48.5 Å². The number of nitriles is 1. The number of aromatic nitrogens is 2. The number of benzene rings is 3. The van der Waals surface area contributed by atoms with Crippen molar-refractivity contribution in [3.8, 4) is 23.1 Å². The number of carbonyl (C=O) groups is 1. The molecule has 6 rings (SSSR count). The van der Waals surface area contributed by atoms with Crippen molar-refractivity contribution in [3.63, 3.8) is 0 Å². The summed E-state index contributed by atoms with van der Waals surface area (Å²) >= 11 is 2.56. The molecular formula is C30H18N4O4S2. The van der Waals surface area contributed by atoms with Gasteiger partial charge in [-0.25, -0.2) is 14.8 Å². The normalized spacial score (nSPS) is 11.4. The Morgan fingerprint density at radius 1 is 1.07 bits per heavy atom. The SMILES string of the molecule is N#CC(=Cc1ccccc1OCC(=O)Nc1nccs1)c1nc(-c2cc3c(ccc4ccccc43)oc2=O)cs1. The maximum Gasteiger partial charge on any atom is 0.345 e. The van der Waals surface area contributed by atoms with Gasteiger partial charge in [-0.05, 0) is 35.0 Å². The lowest BCUT2D eigenvalue weighted by molar-refractivity contribution is -0.118. The highest BCUT2D eigenvalue weighted by Gasteiger charge is 2.16. The van der Waals surface area contributed by atoms with Gasteiger partial charge in [0.05, 0.1) is 16.8 Å². The second kappa shape index (κ2) is 10.9. The summed E-state index contributed by atoms with van der Waals surface area (Å²) in [5.74, 6) is 0.0872. The Morgan fingerprint density at radius 2 is 1.93 bits per heavy atom. The summed E-state index contributed by atoms with van der Waals surface area (Å²) in [4.78, 5) is 33.7. The molecule has 0 bridgehead atoms. The van der Waals surface area contributed by atoms with Crippen molar-refractivity contribution in [2.45, 2.75) is 0 Å². The molecule has 8 nitrogen and oxygen atoms in total. The van der Waals surface area contributed by atoms with E-state index in [2.05, 4.69) is 21.4 Å². The highest BCUT2D eigenvalue weighted by Crippen LogP contribution is 2.31. The number of nitrogens with zero attached hydrogens (tertiary/aromatic N) is 3. The maximum absolute atomic E-state index is 12.8. The lowest BCUT2D eigenvalue weighted by Crippen LogP contribution is -2.20. The van der Waals surface area contributed by atoms with Crippen LogP contribution in [0.1, 0.15) is 10.6 Å². The van der Waals surface area contributed by atoms with Crippen molar-refractivity contribution in [3.05, 3.63) is 105 Å².